The van der Waals surface area contributed by atoms with Crippen LogP contribution in [0.5, 0.6) is 5.75 Å². The van der Waals surface area contributed by atoms with E-state index in [2.05, 4.69) is 32.0 Å². The standard InChI is InChI=1S/C17H18O3/c1-11-4-5-15(10-12(11)2)14-6-8-16(9-7-14)20-13(3)17(18)19/h4-10,13H,1-3H3,(H,18,19). The Morgan fingerprint density at radius 2 is 1.60 bits per heavy atom. The molecule has 0 heterocycles. The maximum absolute atomic E-state index is 10.7. The van der Waals surface area contributed by atoms with Crippen LogP contribution in [0.3, 0.4) is 0 Å². The summed E-state index contributed by atoms with van der Waals surface area (Å²) >= 11 is 0. The van der Waals surface area contributed by atoms with Gasteiger partial charge < -0.3 is 9.84 Å². The van der Waals surface area contributed by atoms with Crippen LogP contribution in [-0.4, -0.2) is 17.2 Å². The average molecular weight is 270 g/mol. The predicted molar refractivity (Wildman–Crippen MR) is 79.1 cm³/mol. The molecule has 0 saturated carbocycles. The summed E-state index contributed by atoms with van der Waals surface area (Å²) in [5.41, 5.74) is 4.75. The van der Waals surface area contributed by atoms with Gasteiger partial charge in [-0.3, -0.25) is 0 Å². The van der Waals surface area contributed by atoms with Crippen molar-refractivity contribution < 1.29 is 14.6 Å². The first-order valence-electron chi connectivity index (χ1n) is 6.54. The van der Waals surface area contributed by atoms with Crippen molar-refractivity contribution >= 4 is 5.97 Å². The number of benzene rings is 2. The van der Waals surface area contributed by atoms with Crippen molar-refractivity contribution in [2.45, 2.75) is 26.9 Å². The summed E-state index contributed by atoms with van der Waals surface area (Å²) in [7, 11) is 0. The van der Waals surface area contributed by atoms with Crippen LogP contribution in [0.2, 0.25) is 0 Å². The Morgan fingerprint density at radius 3 is 2.15 bits per heavy atom. The zero-order chi connectivity index (χ0) is 14.7. The molecule has 0 amide bonds. The lowest BCUT2D eigenvalue weighted by molar-refractivity contribution is -0.144. The van der Waals surface area contributed by atoms with E-state index >= 15 is 0 Å². The number of hydrogen-bond donors (Lipinski definition) is 1. The third kappa shape index (κ3) is 3.18. The molecule has 0 saturated heterocycles. The molecule has 0 radical (unpaired) electrons. The second kappa shape index (κ2) is 5.78. The molecule has 0 bridgehead atoms. The summed E-state index contributed by atoms with van der Waals surface area (Å²) in [4.78, 5) is 10.7. The molecule has 0 aliphatic heterocycles. The molecule has 2 rings (SSSR count). The minimum atomic E-state index is -0.969. The van der Waals surface area contributed by atoms with Crippen LogP contribution in [0.4, 0.5) is 0 Å². The van der Waals surface area contributed by atoms with Gasteiger partial charge in [0.2, 0.25) is 0 Å². The number of carboxylic acid groups (broad SMARTS) is 1. The van der Waals surface area contributed by atoms with Crippen molar-refractivity contribution in [2.75, 3.05) is 0 Å². The minimum Gasteiger partial charge on any atom is -0.479 e. The van der Waals surface area contributed by atoms with E-state index in [1.807, 2.05) is 12.1 Å². The molecule has 20 heavy (non-hydrogen) atoms. The van der Waals surface area contributed by atoms with Gasteiger partial charge in [0, 0.05) is 0 Å². The number of hydrogen-bond acceptors (Lipinski definition) is 2. The molecule has 2 aromatic carbocycles. The smallest absolute Gasteiger partial charge is 0.344 e. The van der Waals surface area contributed by atoms with Gasteiger partial charge >= 0.3 is 5.97 Å². The fourth-order valence-corrected chi connectivity index (χ4v) is 1.90. The first-order chi connectivity index (χ1) is 9.47. The molecule has 0 aliphatic carbocycles. The van der Waals surface area contributed by atoms with E-state index in [0.717, 1.165) is 11.1 Å². The Morgan fingerprint density at radius 1 is 1.00 bits per heavy atom. The van der Waals surface area contributed by atoms with Gasteiger partial charge in [0.1, 0.15) is 5.75 Å². The fourth-order valence-electron chi connectivity index (χ4n) is 1.90. The normalized spacial score (nSPS) is 11.9. The molecule has 1 N–H and O–H groups in total. The van der Waals surface area contributed by atoms with E-state index in [-0.39, 0.29) is 0 Å². The topological polar surface area (TPSA) is 46.5 Å². The van der Waals surface area contributed by atoms with Crippen molar-refractivity contribution in [3.63, 3.8) is 0 Å². The highest BCUT2D eigenvalue weighted by atomic mass is 16.5. The predicted octanol–water partition coefficient (Wildman–Crippen LogP) is 3.82. The van der Waals surface area contributed by atoms with Crippen molar-refractivity contribution in [1.82, 2.24) is 0 Å². The van der Waals surface area contributed by atoms with E-state index in [1.54, 1.807) is 12.1 Å². The highest BCUT2D eigenvalue weighted by Gasteiger charge is 2.12. The van der Waals surface area contributed by atoms with Crippen LogP contribution in [-0.2, 0) is 4.79 Å². The summed E-state index contributed by atoms with van der Waals surface area (Å²) in [5, 5.41) is 8.81. The SMILES string of the molecule is Cc1ccc(-c2ccc(OC(C)C(=O)O)cc2)cc1C. The Hall–Kier alpha value is -2.29. The Kier molecular flexibility index (Phi) is 4.08. The molecule has 0 fully saturated rings. The molecule has 3 heteroatoms. The maximum Gasteiger partial charge on any atom is 0.344 e. The summed E-state index contributed by atoms with van der Waals surface area (Å²) in [6.45, 7) is 5.69. The van der Waals surface area contributed by atoms with Crippen molar-refractivity contribution in [1.29, 1.82) is 0 Å². The molecule has 0 aliphatic rings. The third-order valence-electron chi connectivity index (χ3n) is 3.36. The van der Waals surface area contributed by atoms with Crippen LogP contribution in [0.25, 0.3) is 11.1 Å². The molecule has 104 valence electrons. The van der Waals surface area contributed by atoms with E-state index in [0.29, 0.717) is 5.75 Å². The fraction of sp³-hybridized carbons (Fsp3) is 0.235. The lowest BCUT2D eigenvalue weighted by atomic mass is 10.0. The number of carbonyl (C=O) groups is 1. The molecule has 2 aromatic rings. The number of aliphatic carboxylic acids is 1. The van der Waals surface area contributed by atoms with Crippen LogP contribution < -0.4 is 4.74 Å². The van der Waals surface area contributed by atoms with Crippen LogP contribution in [0, 0.1) is 13.8 Å². The van der Waals surface area contributed by atoms with Gasteiger partial charge in [-0.2, -0.15) is 0 Å². The molecule has 1 unspecified atom stereocenters. The molecule has 0 aromatic heterocycles. The minimum absolute atomic E-state index is 0.562. The average Bonchev–Trinajstić information content (AvgIpc) is 2.42. The summed E-state index contributed by atoms with van der Waals surface area (Å²) < 4.78 is 5.31. The Bertz CT molecular complexity index is 615. The van der Waals surface area contributed by atoms with Crippen molar-refractivity contribution in [2.24, 2.45) is 0 Å². The second-order valence-corrected chi connectivity index (χ2v) is 4.92. The molecule has 1 atom stereocenters. The Balaban J connectivity index is 2.19. The molecule has 3 nitrogen and oxygen atoms in total. The maximum atomic E-state index is 10.7. The molecule has 0 spiro atoms. The quantitative estimate of drug-likeness (QED) is 0.918. The van der Waals surface area contributed by atoms with Crippen LogP contribution in [0.1, 0.15) is 18.1 Å². The van der Waals surface area contributed by atoms with Crippen molar-refractivity contribution in [3.05, 3.63) is 53.6 Å². The van der Waals surface area contributed by atoms with Gasteiger partial charge in [-0.1, -0.05) is 30.3 Å². The van der Waals surface area contributed by atoms with Crippen LogP contribution >= 0.6 is 0 Å². The van der Waals surface area contributed by atoms with Gasteiger partial charge in [0.25, 0.3) is 0 Å². The second-order valence-electron chi connectivity index (χ2n) is 4.92. The molecular weight excluding hydrogens is 252 g/mol. The monoisotopic (exact) mass is 270 g/mol. The van der Waals surface area contributed by atoms with Gasteiger partial charge in [-0.15, -0.1) is 0 Å². The first-order valence-corrected chi connectivity index (χ1v) is 6.54. The Labute approximate surface area is 118 Å². The van der Waals surface area contributed by atoms with Crippen molar-refractivity contribution in [3.8, 4) is 16.9 Å². The highest BCUT2D eigenvalue weighted by Crippen LogP contribution is 2.24. The van der Waals surface area contributed by atoms with Gasteiger partial charge in [0.05, 0.1) is 0 Å². The van der Waals surface area contributed by atoms with Gasteiger partial charge in [0.15, 0.2) is 6.10 Å². The van der Waals surface area contributed by atoms with Gasteiger partial charge in [-0.05, 0) is 55.2 Å². The first kappa shape index (κ1) is 14.1. The number of aryl methyl sites for hydroxylation is 2. The van der Waals surface area contributed by atoms with Gasteiger partial charge in [-0.25, -0.2) is 4.79 Å². The lowest BCUT2D eigenvalue weighted by Crippen LogP contribution is -2.22. The lowest BCUT2D eigenvalue weighted by Gasteiger charge is -2.11. The summed E-state index contributed by atoms with van der Waals surface area (Å²) in [6, 6.07) is 13.8. The largest absolute Gasteiger partial charge is 0.479 e. The van der Waals surface area contributed by atoms with E-state index in [1.165, 1.54) is 18.1 Å². The third-order valence-corrected chi connectivity index (χ3v) is 3.36. The highest BCUT2D eigenvalue weighted by molar-refractivity contribution is 5.72. The van der Waals surface area contributed by atoms with E-state index in [9.17, 15) is 4.79 Å². The zero-order valence-electron chi connectivity index (χ0n) is 11.9. The number of rotatable bonds is 4. The van der Waals surface area contributed by atoms with E-state index < -0.39 is 12.1 Å². The summed E-state index contributed by atoms with van der Waals surface area (Å²) in [6.07, 6.45) is -0.845. The van der Waals surface area contributed by atoms with E-state index in [4.69, 9.17) is 9.84 Å². The summed E-state index contributed by atoms with van der Waals surface area (Å²) in [5.74, 6) is -0.407. The number of ether oxygens (including phenoxy) is 1. The zero-order valence-corrected chi connectivity index (χ0v) is 11.9. The molecular formula is C17H18O3. The number of carboxylic acids is 1. The van der Waals surface area contributed by atoms with Crippen LogP contribution in [0.15, 0.2) is 42.5 Å².